The zero-order valence-electron chi connectivity index (χ0n) is 20.6. The van der Waals surface area contributed by atoms with Crippen LogP contribution < -0.4 is 14.8 Å². The maximum Gasteiger partial charge on any atom is 0.416 e. The fraction of sp³-hybridized carbons (Fsp3) is 0.148. The van der Waals surface area contributed by atoms with E-state index in [1.807, 2.05) is 0 Å². The monoisotopic (exact) mass is 610 g/mol. The van der Waals surface area contributed by atoms with Crippen LogP contribution in [0.2, 0.25) is 10.0 Å². The first-order chi connectivity index (χ1) is 19.0. The highest BCUT2D eigenvalue weighted by molar-refractivity contribution is 8.18. The van der Waals surface area contributed by atoms with Crippen molar-refractivity contribution in [3.63, 3.8) is 0 Å². The zero-order chi connectivity index (χ0) is 29.0. The van der Waals surface area contributed by atoms with Crippen LogP contribution >= 0.6 is 35.0 Å². The molecule has 0 aromatic heterocycles. The van der Waals surface area contributed by atoms with Crippen molar-refractivity contribution in [1.29, 1.82) is 0 Å². The van der Waals surface area contributed by atoms with Crippen LogP contribution in [0.15, 0.2) is 65.6 Å². The Kier molecular flexibility index (Phi) is 8.97. The molecule has 0 atom stereocenters. The highest BCUT2D eigenvalue weighted by Crippen LogP contribution is 2.36. The molecule has 1 aliphatic rings. The number of benzene rings is 3. The van der Waals surface area contributed by atoms with E-state index in [9.17, 15) is 27.6 Å². The minimum absolute atomic E-state index is 0.0205. The second kappa shape index (κ2) is 12.2. The first-order valence-electron chi connectivity index (χ1n) is 11.4. The fourth-order valence-electron chi connectivity index (χ4n) is 3.61. The van der Waals surface area contributed by atoms with Crippen LogP contribution in [0.25, 0.3) is 6.08 Å². The topological polar surface area (TPSA) is 84.9 Å². The number of carbonyl (C=O) groups is 3. The Bertz CT molecular complexity index is 1510. The van der Waals surface area contributed by atoms with Gasteiger partial charge in [0.05, 0.1) is 33.3 Å². The molecule has 0 saturated carbocycles. The van der Waals surface area contributed by atoms with E-state index in [1.165, 1.54) is 13.2 Å². The number of thioether (sulfide) groups is 1. The van der Waals surface area contributed by atoms with E-state index in [-0.39, 0.29) is 22.9 Å². The SMILES string of the molecule is COc1ccc(C(F)(F)F)cc1NC(=O)CN1C(=O)S/C(=C\c2ccccc2OCc2ccc(Cl)c(Cl)c2)C1=O. The van der Waals surface area contributed by atoms with Crippen LogP contribution in [0, 0.1) is 0 Å². The van der Waals surface area contributed by atoms with E-state index in [1.54, 1.807) is 42.5 Å². The van der Waals surface area contributed by atoms with Gasteiger partial charge in [-0.2, -0.15) is 13.2 Å². The number of amides is 3. The normalized spacial score (nSPS) is 14.6. The summed E-state index contributed by atoms with van der Waals surface area (Å²) in [4.78, 5) is 38.9. The number of alkyl halides is 3. The smallest absolute Gasteiger partial charge is 0.416 e. The molecule has 4 rings (SSSR count). The third-order valence-corrected chi connectivity index (χ3v) is 7.21. The molecule has 3 aromatic rings. The van der Waals surface area contributed by atoms with Crippen molar-refractivity contribution >= 4 is 63.8 Å². The lowest BCUT2D eigenvalue weighted by Crippen LogP contribution is -2.36. The highest BCUT2D eigenvalue weighted by atomic mass is 35.5. The van der Waals surface area contributed by atoms with Crippen molar-refractivity contribution in [2.75, 3.05) is 19.0 Å². The Hall–Kier alpha value is -3.67. The Morgan fingerprint density at radius 1 is 1.02 bits per heavy atom. The van der Waals surface area contributed by atoms with Gasteiger partial charge in [0.1, 0.15) is 24.7 Å². The van der Waals surface area contributed by atoms with Crippen LogP contribution in [-0.4, -0.2) is 35.6 Å². The van der Waals surface area contributed by atoms with Crippen LogP contribution in [0.3, 0.4) is 0 Å². The molecule has 1 aliphatic heterocycles. The molecule has 13 heteroatoms. The molecular formula is C27H19Cl2F3N2O5S. The van der Waals surface area contributed by atoms with Crippen molar-refractivity contribution in [3.8, 4) is 11.5 Å². The van der Waals surface area contributed by atoms with E-state index < -0.39 is 35.3 Å². The van der Waals surface area contributed by atoms with Crippen LogP contribution in [0.4, 0.5) is 23.7 Å². The third kappa shape index (κ3) is 6.90. The average Bonchev–Trinajstić information content (AvgIpc) is 3.16. The Morgan fingerprint density at radius 3 is 2.48 bits per heavy atom. The van der Waals surface area contributed by atoms with Crippen molar-refractivity contribution in [2.24, 2.45) is 0 Å². The number of hydrogen-bond donors (Lipinski definition) is 1. The molecular weight excluding hydrogens is 592 g/mol. The predicted molar refractivity (Wildman–Crippen MR) is 147 cm³/mol. The number of hydrogen-bond acceptors (Lipinski definition) is 6. The number of nitrogens with zero attached hydrogens (tertiary/aromatic N) is 1. The van der Waals surface area contributed by atoms with Gasteiger partial charge in [0.15, 0.2) is 0 Å². The molecule has 0 radical (unpaired) electrons. The number of imide groups is 1. The van der Waals surface area contributed by atoms with Gasteiger partial charge in [-0.25, -0.2) is 0 Å². The number of methoxy groups -OCH3 is 1. The summed E-state index contributed by atoms with van der Waals surface area (Å²) >= 11 is 12.6. The quantitative estimate of drug-likeness (QED) is 0.270. The summed E-state index contributed by atoms with van der Waals surface area (Å²) in [5, 5.41) is 2.35. The molecule has 1 N–H and O–H groups in total. The van der Waals surface area contributed by atoms with Gasteiger partial charge in [-0.15, -0.1) is 0 Å². The van der Waals surface area contributed by atoms with Gasteiger partial charge in [-0.3, -0.25) is 19.3 Å². The van der Waals surface area contributed by atoms with Crippen LogP contribution in [0.1, 0.15) is 16.7 Å². The Balaban J connectivity index is 1.47. The first kappa shape index (κ1) is 29.3. The highest BCUT2D eigenvalue weighted by Gasteiger charge is 2.37. The number of rotatable bonds is 8. The molecule has 1 saturated heterocycles. The van der Waals surface area contributed by atoms with Gasteiger partial charge in [0, 0.05) is 5.56 Å². The maximum absolute atomic E-state index is 13.1. The van der Waals surface area contributed by atoms with Crippen molar-refractivity contribution < 1.29 is 37.0 Å². The Labute approximate surface area is 240 Å². The summed E-state index contributed by atoms with van der Waals surface area (Å²) in [5.74, 6) is -1.21. The van der Waals surface area contributed by atoms with E-state index >= 15 is 0 Å². The minimum Gasteiger partial charge on any atom is -0.495 e. The number of ether oxygens (including phenoxy) is 2. The van der Waals surface area contributed by atoms with Gasteiger partial charge >= 0.3 is 6.18 Å². The van der Waals surface area contributed by atoms with E-state index in [0.717, 1.165) is 17.7 Å². The lowest BCUT2D eigenvalue weighted by molar-refractivity contribution is -0.137. The largest absolute Gasteiger partial charge is 0.495 e. The Morgan fingerprint density at radius 2 is 1.77 bits per heavy atom. The number of anilines is 1. The first-order valence-corrected chi connectivity index (χ1v) is 13.0. The van der Waals surface area contributed by atoms with Gasteiger partial charge in [0.25, 0.3) is 11.1 Å². The summed E-state index contributed by atoms with van der Waals surface area (Å²) in [6.45, 7) is -0.556. The number of carbonyl (C=O) groups excluding carboxylic acids is 3. The molecule has 1 heterocycles. The molecule has 7 nitrogen and oxygen atoms in total. The molecule has 0 aliphatic carbocycles. The summed E-state index contributed by atoms with van der Waals surface area (Å²) in [5.41, 5.74) is 0.00906. The summed E-state index contributed by atoms with van der Waals surface area (Å²) < 4.78 is 50.2. The van der Waals surface area contributed by atoms with E-state index in [0.29, 0.717) is 44.1 Å². The van der Waals surface area contributed by atoms with Crippen molar-refractivity contribution in [3.05, 3.63) is 92.3 Å². The molecule has 3 amide bonds. The van der Waals surface area contributed by atoms with E-state index in [2.05, 4.69) is 5.32 Å². The molecule has 3 aromatic carbocycles. The molecule has 0 spiro atoms. The maximum atomic E-state index is 13.1. The molecule has 0 bridgehead atoms. The average molecular weight is 611 g/mol. The summed E-state index contributed by atoms with van der Waals surface area (Å²) in [6.07, 6.45) is -3.19. The molecule has 0 unspecified atom stereocenters. The predicted octanol–water partition coefficient (Wildman–Crippen LogP) is 7.27. The van der Waals surface area contributed by atoms with Crippen molar-refractivity contribution in [2.45, 2.75) is 12.8 Å². The number of nitrogens with one attached hydrogen (secondary N) is 1. The molecule has 40 heavy (non-hydrogen) atoms. The van der Waals surface area contributed by atoms with Crippen LogP contribution in [0.5, 0.6) is 11.5 Å². The standard InChI is InChI=1S/C27H19Cl2F3N2O5S/c1-38-22-9-7-17(27(30,31)32)12-20(22)33-24(35)13-34-25(36)23(40-26(34)37)11-16-4-2-3-5-21(16)39-14-15-6-8-18(28)19(29)10-15/h2-12H,13-14H2,1H3,(H,33,35)/b23-11-. The lowest BCUT2D eigenvalue weighted by atomic mass is 10.1. The zero-order valence-corrected chi connectivity index (χ0v) is 22.9. The van der Waals surface area contributed by atoms with Crippen LogP contribution in [-0.2, 0) is 22.4 Å². The number of halogens is 5. The summed E-state index contributed by atoms with van der Waals surface area (Å²) in [6, 6.07) is 14.5. The molecule has 1 fully saturated rings. The fourth-order valence-corrected chi connectivity index (χ4v) is 4.76. The van der Waals surface area contributed by atoms with Gasteiger partial charge in [-0.05, 0) is 59.8 Å². The van der Waals surface area contributed by atoms with Crippen molar-refractivity contribution in [1.82, 2.24) is 4.90 Å². The third-order valence-electron chi connectivity index (χ3n) is 5.56. The molecule has 208 valence electrons. The number of para-hydroxylation sites is 1. The van der Waals surface area contributed by atoms with Gasteiger partial charge in [0.2, 0.25) is 5.91 Å². The second-order valence-corrected chi connectivity index (χ2v) is 10.1. The van der Waals surface area contributed by atoms with Gasteiger partial charge < -0.3 is 14.8 Å². The van der Waals surface area contributed by atoms with E-state index in [4.69, 9.17) is 32.7 Å². The minimum atomic E-state index is -4.65. The van der Waals surface area contributed by atoms with Gasteiger partial charge in [-0.1, -0.05) is 47.5 Å². The summed E-state index contributed by atoms with van der Waals surface area (Å²) in [7, 11) is 1.23. The lowest BCUT2D eigenvalue weighted by Gasteiger charge is -2.16. The second-order valence-electron chi connectivity index (χ2n) is 8.30.